The highest BCUT2D eigenvalue weighted by Gasteiger charge is 2.27. The summed E-state index contributed by atoms with van der Waals surface area (Å²) in [6.07, 6.45) is 3.77. The summed E-state index contributed by atoms with van der Waals surface area (Å²) in [7, 11) is 0. The molecular weight excluding hydrogens is 309 g/mol. The van der Waals surface area contributed by atoms with E-state index in [4.69, 9.17) is 5.73 Å². The fourth-order valence-electron chi connectivity index (χ4n) is 2.25. The zero-order chi connectivity index (χ0) is 14.9. The van der Waals surface area contributed by atoms with Crippen molar-refractivity contribution in [3.05, 3.63) is 0 Å². The molecule has 130 valence electrons. The van der Waals surface area contributed by atoms with E-state index in [1.807, 2.05) is 13.8 Å². The molecule has 0 spiro atoms. The Hall–Kier alpha value is -0.0300. The van der Waals surface area contributed by atoms with Gasteiger partial charge in [-0.25, -0.2) is 0 Å². The first-order chi connectivity index (χ1) is 8.87. The normalized spacial score (nSPS) is 14.6. The van der Waals surface area contributed by atoms with E-state index >= 15 is 0 Å². The van der Waals surface area contributed by atoms with Gasteiger partial charge in [0.25, 0.3) is 0 Å². The number of carbonyl (C=O) groups excluding carboxylic acids is 1. The van der Waals surface area contributed by atoms with Crippen molar-refractivity contribution in [3.63, 3.8) is 0 Å². The molecule has 0 radical (unpaired) electrons. The van der Waals surface area contributed by atoms with Gasteiger partial charge in [-0.3, -0.25) is 4.79 Å². The van der Waals surface area contributed by atoms with Gasteiger partial charge in [0.05, 0.1) is 5.54 Å². The van der Waals surface area contributed by atoms with Crippen molar-refractivity contribution < 1.29 is 4.79 Å². The molecule has 6 heteroatoms. The number of amides is 1. The summed E-state index contributed by atoms with van der Waals surface area (Å²) in [5, 5.41) is 3.03. The third kappa shape index (κ3) is 11.2. The molecule has 0 bridgehead atoms. The minimum atomic E-state index is -0.734. The van der Waals surface area contributed by atoms with Gasteiger partial charge in [-0.05, 0) is 52.7 Å². The number of halogens is 2. The monoisotopic (exact) mass is 343 g/mol. The molecule has 0 aromatic rings. The van der Waals surface area contributed by atoms with E-state index in [9.17, 15) is 4.79 Å². The second-order valence-electron chi connectivity index (χ2n) is 5.71. The second-order valence-corrected chi connectivity index (χ2v) is 5.71. The summed E-state index contributed by atoms with van der Waals surface area (Å²) in [6, 6.07) is 0.197. The largest absolute Gasteiger partial charge is 0.352 e. The van der Waals surface area contributed by atoms with E-state index in [0.717, 1.165) is 45.3 Å². The van der Waals surface area contributed by atoms with Crippen LogP contribution in [0, 0.1) is 0 Å². The molecule has 0 saturated heterocycles. The Morgan fingerprint density at radius 2 is 1.76 bits per heavy atom. The number of nitrogens with zero attached hydrogens (tertiary/aromatic N) is 1. The van der Waals surface area contributed by atoms with Crippen molar-refractivity contribution in [2.45, 2.75) is 71.9 Å². The highest BCUT2D eigenvalue weighted by atomic mass is 35.5. The summed E-state index contributed by atoms with van der Waals surface area (Å²) in [5.74, 6) is -0.0234. The average molecular weight is 344 g/mol. The van der Waals surface area contributed by atoms with Crippen LogP contribution in [-0.2, 0) is 4.79 Å². The molecule has 21 heavy (non-hydrogen) atoms. The van der Waals surface area contributed by atoms with E-state index in [1.54, 1.807) is 0 Å². The molecule has 0 aliphatic carbocycles. The van der Waals surface area contributed by atoms with Crippen molar-refractivity contribution in [2.75, 3.05) is 19.6 Å². The molecule has 0 fully saturated rings. The summed E-state index contributed by atoms with van der Waals surface area (Å²) in [5.41, 5.74) is 5.28. The lowest BCUT2D eigenvalue weighted by atomic mass is 9.96. The van der Waals surface area contributed by atoms with Crippen LogP contribution < -0.4 is 11.1 Å². The predicted molar refractivity (Wildman–Crippen MR) is 96.6 cm³/mol. The molecule has 3 N–H and O–H groups in total. The molecule has 0 aliphatic heterocycles. The van der Waals surface area contributed by atoms with Gasteiger partial charge in [-0.15, -0.1) is 24.8 Å². The lowest BCUT2D eigenvalue weighted by Crippen LogP contribution is -2.53. The Labute approximate surface area is 143 Å². The number of carbonyl (C=O) groups is 1. The van der Waals surface area contributed by atoms with E-state index in [-0.39, 0.29) is 36.8 Å². The molecule has 0 rings (SSSR count). The third-order valence-electron chi connectivity index (χ3n) is 3.67. The Morgan fingerprint density at radius 1 is 1.24 bits per heavy atom. The van der Waals surface area contributed by atoms with Crippen molar-refractivity contribution in [3.8, 4) is 0 Å². The Kier molecular flexibility index (Phi) is 16.8. The standard InChI is InChI=1S/C15H33N3O.2ClH/c1-6-11-15(5,16)14(19)17-13(4)10-9-12-18(7-2)8-3;;/h13H,6-12,16H2,1-5H3,(H,17,19);2*1H. The van der Waals surface area contributed by atoms with Crippen LogP contribution in [0.1, 0.15) is 60.3 Å². The topological polar surface area (TPSA) is 58.4 Å². The van der Waals surface area contributed by atoms with Crippen LogP contribution in [0.5, 0.6) is 0 Å². The van der Waals surface area contributed by atoms with Crippen LogP contribution in [0.25, 0.3) is 0 Å². The van der Waals surface area contributed by atoms with Gasteiger partial charge in [-0.1, -0.05) is 27.2 Å². The number of rotatable bonds is 10. The maximum absolute atomic E-state index is 12.0. The SMILES string of the molecule is CCCC(C)(N)C(=O)NC(C)CCCN(CC)CC.Cl.Cl. The third-order valence-corrected chi connectivity index (χ3v) is 3.67. The highest BCUT2D eigenvalue weighted by Crippen LogP contribution is 2.09. The zero-order valence-corrected chi connectivity index (χ0v) is 15.9. The van der Waals surface area contributed by atoms with Gasteiger partial charge in [0.1, 0.15) is 0 Å². The quantitative estimate of drug-likeness (QED) is 0.641. The van der Waals surface area contributed by atoms with Crippen molar-refractivity contribution in [1.82, 2.24) is 10.2 Å². The Bertz CT molecular complexity index is 259. The molecular formula is C15H35Cl2N3O. The number of nitrogens with two attached hydrogens (primary N) is 1. The average Bonchev–Trinajstić information content (AvgIpc) is 2.34. The van der Waals surface area contributed by atoms with Crippen LogP contribution in [0.3, 0.4) is 0 Å². The van der Waals surface area contributed by atoms with Crippen molar-refractivity contribution in [2.24, 2.45) is 5.73 Å². The minimum absolute atomic E-state index is 0. The molecule has 0 heterocycles. The first-order valence-electron chi connectivity index (χ1n) is 7.69. The van der Waals surface area contributed by atoms with Gasteiger partial charge >= 0.3 is 0 Å². The molecule has 0 aromatic carbocycles. The maximum Gasteiger partial charge on any atom is 0.240 e. The lowest BCUT2D eigenvalue weighted by Gasteiger charge is -2.26. The molecule has 4 nitrogen and oxygen atoms in total. The molecule has 2 unspecified atom stereocenters. The fourth-order valence-corrected chi connectivity index (χ4v) is 2.25. The van der Waals surface area contributed by atoms with Crippen molar-refractivity contribution >= 4 is 30.7 Å². The summed E-state index contributed by atoms with van der Waals surface area (Å²) in [6.45, 7) is 13.6. The van der Waals surface area contributed by atoms with Gasteiger partial charge in [0.15, 0.2) is 0 Å². The van der Waals surface area contributed by atoms with E-state index < -0.39 is 5.54 Å². The number of hydrogen-bond acceptors (Lipinski definition) is 3. The van der Waals surface area contributed by atoms with Crippen LogP contribution in [0.2, 0.25) is 0 Å². The van der Waals surface area contributed by atoms with Gasteiger partial charge < -0.3 is 16.0 Å². The first kappa shape index (κ1) is 25.9. The van der Waals surface area contributed by atoms with Gasteiger partial charge in [0, 0.05) is 6.04 Å². The summed E-state index contributed by atoms with van der Waals surface area (Å²) < 4.78 is 0. The smallest absolute Gasteiger partial charge is 0.240 e. The van der Waals surface area contributed by atoms with Gasteiger partial charge in [-0.2, -0.15) is 0 Å². The predicted octanol–water partition coefficient (Wildman–Crippen LogP) is 2.97. The van der Waals surface area contributed by atoms with E-state index in [1.165, 1.54) is 0 Å². The molecule has 0 aromatic heterocycles. The van der Waals surface area contributed by atoms with Gasteiger partial charge in [0.2, 0.25) is 5.91 Å². The highest BCUT2D eigenvalue weighted by molar-refractivity contribution is 5.86. The second kappa shape index (κ2) is 13.6. The fraction of sp³-hybridized carbons (Fsp3) is 0.933. The zero-order valence-electron chi connectivity index (χ0n) is 14.3. The molecule has 1 amide bonds. The maximum atomic E-state index is 12.0. The summed E-state index contributed by atoms with van der Waals surface area (Å²) >= 11 is 0. The molecule has 2 atom stereocenters. The van der Waals surface area contributed by atoms with E-state index in [0.29, 0.717) is 0 Å². The van der Waals surface area contributed by atoms with E-state index in [2.05, 4.69) is 31.0 Å². The first-order valence-corrected chi connectivity index (χ1v) is 7.69. The Balaban J connectivity index is -0.00000162. The molecule has 0 aliphatic rings. The molecule has 0 saturated carbocycles. The van der Waals surface area contributed by atoms with Crippen molar-refractivity contribution in [1.29, 1.82) is 0 Å². The van der Waals surface area contributed by atoms with Crippen LogP contribution in [-0.4, -0.2) is 42.0 Å². The van der Waals surface area contributed by atoms with Crippen LogP contribution >= 0.6 is 24.8 Å². The number of nitrogens with one attached hydrogen (secondary N) is 1. The lowest BCUT2D eigenvalue weighted by molar-refractivity contribution is -0.126. The Morgan fingerprint density at radius 3 is 2.19 bits per heavy atom. The number of hydrogen-bond donors (Lipinski definition) is 2. The minimum Gasteiger partial charge on any atom is -0.352 e. The van der Waals surface area contributed by atoms with Crippen LogP contribution in [0.4, 0.5) is 0 Å². The summed E-state index contributed by atoms with van der Waals surface area (Å²) in [4.78, 5) is 14.4. The van der Waals surface area contributed by atoms with Crippen LogP contribution in [0.15, 0.2) is 0 Å².